The smallest absolute Gasteiger partial charge is 0.259 e. The molecule has 1 fully saturated rings. The van der Waals surface area contributed by atoms with Gasteiger partial charge in [-0.3, -0.25) is 0 Å². The molecule has 0 amide bonds. The second-order valence-electron chi connectivity index (χ2n) is 7.02. The zero-order valence-electron chi connectivity index (χ0n) is 14.9. The molecule has 4 aromatic heterocycles. The molecule has 0 spiro atoms. The lowest BCUT2D eigenvalue weighted by Crippen LogP contribution is -2.44. The molecule has 0 bridgehead atoms. The number of hydrogen-bond donors (Lipinski definition) is 1. The van der Waals surface area contributed by atoms with Crippen LogP contribution < -0.4 is 5.73 Å². The number of hydrogen-bond acceptors (Lipinski definition) is 8. The summed E-state index contributed by atoms with van der Waals surface area (Å²) in [4.78, 5) is 9.15. The van der Waals surface area contributed by atoms with E-state index in [1.165, 1.54) is 0 Å². The predicted molar refractivity (Wildman–Crippen MR) is 96.5 cm³/mol. The highest BCUT2D eigenvalue weighted by atomic mass is 16.5. The zero-order chi connectivity index (χ0) is 18.4. The number of rotatable bonds is 5. The van der Waals surface area contributed by atoms with Crippen LogP contribution in [-0.4, -0.2) is 20.3 Å². The van der Waals surface area contributed by atoms with Gasteiger partial charge >= 0.3 is 0 Å². The first kappa shape index (κ1) is 16.2. The van der Waals surface area contributed by atoms with Crippen molar-refractivity contribution in [2.45, 2.75) is 44.6 Å². The molecule has 5 rings (SSSR count). The van der Waals surface area contributed by atoms with Gasteiger partial charge in [0.25, 0.3) is 11.6 Å². The van der Waals surface area contributed by atoms with Crippen molar-refractivity contribution in [2.24, 2.45) is 5.73 Å². The highest BCUT2D eigenvalue weighted by Crippen LogP contribution is 2.39. The van der Waals surface area contributed by atoms with E-state index in [0.29, 0.717) is 28.9 Å². The molecule has 4 heterocycles. The van der Waals surface area contributed by atoms with Gasteiger partial charge in [-0.15, -0.1) is 0 Å². The fourth-order valence-corrected chi connectivity index (χ4v) is 3.45. The minimum atomic E-state index is -0.487. The third kappa shape index (κ3) is 2.56. The molecule has 1 aliphatic rings. The van der Waals surface area contributed by atoms with Crippen LogP contribution in [0.5, 0.6) is 0 Å². The maximum absolute atomic E-state index is 6.35. The average Bonchev–Trinajstić information content (AvgIpc) is 3.40. The maximum atomic E-state index is 6.35. The van der Waals surface area contributed by atoms with Crippen molar-refractivity contribution in [1.29, 1.82) is 0 Å². The average molecular weight is 365 g/mol. The van der Waals surface area contributed by atoms with Crippen LogP contribution in [0.3, 0.4) is 0 Å². The molecule has 8 heteroatoms. The van der Waals surface area contributed by atoms with Gasteiger partial charge in [0.05, 0.1) is 28.4 Å². The first-order valence-corrected chi connectivity index (χ1v) is 9.14. The molecule has 1 aliphatic carbocycles. The van der Waals surface area contributed by atoms with E-state index in [0.717, 1.165) is 48.7 Å². The molecule has 2 N–H and O–H groups in total. The van der Waals surface area contributed by atoms with Crippen LogP contribution in [-0.2, 0) is 12.0 Å². The third-order valence-electron chi connectivity index (χ3n) is 5.13. The van der Waals surface area contributed by atoms with Gasteiger partial charge in [0, 0.05) is 0 Å². The van der Waals surface area contributed by atoms with E-state index in [1.807, 2.05) is 18.2 Å². The molecule has 138 valence electrons. The molecular formula is C19H19N5O3. The van der Waals surface area contributed by atoms with Crippen molar-refractivity contribution in [3.8, 4) is 22.9 Å². The highest BCUT2D eigenvalue weighted by molar-refractivity contribution is 5.93. The number of nitrogens with zero attached hydrogens (tertiary/aromatic N) is 4. The minimum absolute atomic E-state index is 0.391. The lowest BCUT2D eigenvalue weighted by Gasteiger charge is -2.34. The Hall–Kier alpha value is -3.00. The van der Waals surface area contributed by atoms with E-state index in [2.05, 4.69) is 27.2 Å². The van der Waals surface area contributed by atoms with Crippen molar-refractivity contribution < 1.29 is 13.5 Å². The lowest BCUT2D eigenvalue weighted by atomic mass is 9.77. The number of fused-ring (bicyclic) bond motifs is 1. The second kappa shape index (κ2) is 6.02. The van der Waals surface area contributed by atoms with Crippen molar-refractivity contribution >= 4 is 11.1 Å². The number of aromatic nitrogens is 4. The Bertz CT molecular complexity index is 1090. The normalized spacial score (nSPS) is 15.9. The van der Waals surface area contributed by atoms with E-state index in [-0.39, 0.29) is 0 Å². The summed E-state index contributed by atoms with van der Waals surface area (Å²) in [5.41, 5.74) is 8.46. The monoisotopic (exact) mass is 365 g/mol. The molecule has 1 saturated carbocycles. The van der Waals surface area contributed by atoms with Crippen LogP contribution in [0.25, 0.3) is 34.0 Å². The molecule has 0 atom stereocenters. The van der Waals surface area contributed by atoms with Crippen molar-refractivity contribution in [2.75, 3.05) is 0 Å². The molecule has 8 nitrogen and oxygen atoms in total. The Morgan fingerprint density at radius 2 is 2.07 bits per heavy atom. The van der Waals surface area contributed by atoms with Gasteiger partial charge in [-0.2, -0.15) is 4.98 Å². The minimum Gasteiger partial charge on any atom is -0.463 e. The van der Waals surface area contributed by atoms with Crippen LogP contribution in [0.2, 0.25) is 0 Å². The van der Waals surface area contributed by atoms with E-state index < -0.39 is 5.54 Å². The first-order chi connectivity index (χ1) is 13.2. The fraction of sp³-hybridized carbons (Fsp3) is 0.368. The van der Waals surface area contributed by atoms with Gasteiger partial charge < -0.3 is 19.2 Å². The number of aryl methyl sites for hydroxylation is 1. The Morgan fingerprint density at radius 1 is 1.19 bits per heavy atom. The Kier molecular flexibility index (Phi) is 3.61. The van der Waals surface area contributed by atoms with Gasteiger partial charge in [-0.25, -0.2) is 4.98 Å². The molecular weight excluding hydrogens is 346 g/mol. The number of furan rings is 1. The quantitative estimate of drug-likeness (QED) is 0.567. The lowest BCUT2D eigenvalue weighted by molar-refractivity contribution is 0.229. The van der Waals surface area contributed by atoms with Crippen LogP contribution in [0, 0.1) is 0 Å². The van der Waals surface area contributed by atoms with Crippen LogP contribution in [0.1, 0.15) is 44.1 Å². The summed E-state index contributed by atoms with van der Waals surface area (Å²) in [7, 11) is 0. The summed E-state index contributed by atoms with van der Waals surface area (Å²) in [5.74, 6) is 1.56. The maximum Gasteiger partial charge on any atom is 0.259 e. The van der Waals surface area contributed by atoms with Gasteiger partial charge in [0.15, 0.2) is 11.6 Å². The summed E-state index contributed by atoms with van der Waals surface area (Å²) in [6.07, 6.45) is 6.11. The molecule has 0 saturated heterocycles. The molecule has 0 aromatic carbocycles. The molecule has 0 aliphatic heterocycles. The van der Waals surface area contributed by atoms with E-state index in [9.17, 15) is 0 Å². The second-order valence-corrected chi connectivity index (χ2v) is 7.02. The Morgan fingerprint density at radius 3 is 2.78 bits per heavy atom. The van der Waals surface area contributed by atoms with Crippen molar-refractivity contribution in [3.05, 3.63) is 36.0 Å². The van der Waals surface area contributed by atoms with E-state index in [4.69, 9.17) is 19.2 Å². The zero-order valence-corrected chi connectivity index (χ0v) is 14.9. The standard InChI is InChI=1S/C19H19N5O3/c1-2-5-12-15-11(16-22-18(24-26-16)19(20)7-4-8-19)10-13(14-6-3-9-25-14)21-17(15)27-23-12/h3,6,9-10H,2,4-5,7-8,20H2,1H3. The largest absolute Gasteiger partial charge is 0.463 e. The summed E-state index contributed by atoms with van der Waals surface area (Å²) in [6.45, 7) is 2.09. The first-order valence-electron chi connectivity index (χ1n) is 9.14. The van der Waals surface area contributed by atoms with Gasteiger partial charge in [-0.1, -0.05) is 23.7 Å². The van der Waals surface area contributed by atoms with Gasteiger partial charge in [0.1, 0.15) is 5.69 Å². The van der Waals surface area contributed by atoms with E-state index >= 15 is 0 Å². The molecule has 0 unspecified atom stereocenters. The highest BCUT2D eigenvalue weighted by Gasteiger charge is 2.39. The summed E-state index contributed by atoms with van der Waals surface area (Å²) in [6, 6.07) is 5.52. The third-order valence-corrected chi connectivity index (χ3v) is 5.13. The van der Waals surface area contributed by atoms with Gasteiger partial charge in [0.2, 0.25) is 0 Å². The van der Waals surface area contributed by atoms with Crippen LogP contribution >= 0.6 is 0 Å². The van der Waals surface area contributed by atoms with E-state index in [1.54, 1.807) is 6.26 Å². The number of nitrogens with two attached hydrogens (primary N) is 1. The summed E-state index contributed by atoms with van der Waals surface area (Å²) >= 11 is 0. The topological polar surface area (TPSA) is 117 Å². The summed E-state index contributed by atoms with van der Waals surface area (Å²) < 4.78 is 16.6. The predicted octanol–water partition coefficient (Wildman–Crippen LogP) is 3.82. The van der Waals surface area contributed by atoms with Crippen molar-refractivity contribution in [3.63, 3.8) is 0 Å². The van der Waals surface area contributed by atoms with Crippen LogP contribution in [0.15, 0.2) is 37.9 Å². The number of pyridine rings is 1. The van der Waals surface area contributed by atoms with Gasteiger partial charge in [-0.05, 0) is 43.9 Å². The SMILES string of the molecule is CCCc1noc2nc(-c3ccco3)cc(-c3nc(C4(N)CCC4)no3)c12. The molecule has 0 radical (unpaired) electrons. The summed E-state index contributed by atoms with van der Waals surface area (Å²) in [5, 5.41) is 9.13. The Balaban J connectivity index is 1.70. The van der Waals surface area contributed by atoms with Crippen molar-refractivity contribution in [1.82, 2.24) is 20.3 Å². The molecule has 4 aromatic rings. The Labute approximate surface area is 154 Å². The molecule has 27 heavy (non-hydrogen) atoms. The fourth-order valence-electron chi connectivity index (χ4n) is 3.45. The van der Waals surface area contributed by atoms with Crippen LogP contribution in [0.4, 0.5) is 0 Å².